The third-order valence-electron chi connectivity index (χ3n) is 1.81. The van der Waals surface area contributed by atoms with Crippen LogP contribution in [0.5, 0.6) is 0 Å². The highest BCUT2D eigenvalue weighted by Gasteiger charge is 2.10. The first-order chi connectivity index (χ1) is 7.19. The van der Waals surface area contributed by atoms with Crippen molar-refractivity contribution in [1.82, 2.24) is 9.97 Å². The SMILES string of the molecule is C#CCN(CC)c1nccc(C(=O)O)n1. The van der Waals surface area contributed by atoms with Gasteiger partial charge < -0.3 is 10.0 Å². The minimum Gasteiger partial charge on any atom is -0.477 e. The highest BCUT2D eigenvalue weighted by Crippen LogP contribution is 2.06. The second kappa shape index (κ2) is 4.96. The number of aromatic carboxylic acids is 1. The number of aromatic nitrogens is 2. The van der Waals surface area contributed by atoms with Crippen LogP contribution in [0, 0.1) is 12.3 Å². The van der Waals surface area contributed by atoms with E-state index in [1.807, 2.05) is 6.92 Å². The molecule has 0 aliphatic heterocycles. The van der Waals surface area contributed by atoms with Crippen molar-refractivity contribution in [3.05, 3.63) is 18.0 Å². The molecule has 78 valence electrons. The Labute approximate surface area is 87.8 Å². The lowest BCUT2D eigenvalue weighted by molar-refractivity contribution is 0.0690. The molecule has 1 rings (SSSR count). The third-order valence-corrected chi connectivity index (χ3v) is 1.81. The predicted octanol–water partition coefficient (Wildman–Crippen LogP) is 0.634. The van der Waals surface area contributed by atoms with Gasteiger partial charge in [-0.25, -0.2) is 14.8 Å². The van der Waals surface area contributed by atoms with Gasteiger partial charge in [0.2, 0.25) is 5.95 Å². The molecule has 5 heteroatoms. The van der Waals surface area contributed by atoms with Gasteiger partial charge in [-0.1, -0.05) is 5.92 Å². The van der Waals surface area contributed by atoms with Crippen molar-refractivity contribution in [3.8, 4) is 12.3 Å². The molecule has 0 saturated carbocycles. The minimum absolute atomic E-state index is 0.0320. The first-order valence-electron chi connectivity index (χ1n) is 4.43. The number of nitrogens with zero attached hydrogens (tertiary/aromatic N) is 3. The fraction of sp³-hybridized carbons (Fsp3) is 0.300. The van der Waals surface area contributed by atoms with Gasteiger partial charge in [0.05, 0.1) is 6.54 Å². The third kappa shape index (κ3) is 2.68. The molecule has 0 aliphatic carbocycles. The van der Waals surface area contributed by atoms with Crippen molar-refractivity contribution in [2.75, 3.05) is 18.0 Å². The number of carboxylic acids is 1. The molecule has 1 aromatic rings. The van der Waals surface area contributed by atoms with Crippen LogP contribution in [0.25, 0.3) is 0 Å². The topological polar surface area (TPSA) is 66.3 Å². The number of hydrogen-bond donors (Lipinski definition) is 1. The van der Waals surface area contributed by atoms with E-state index in [2.05, 4.69) is 15.9 Å². The Hall–Kier alpha value is -2.09. The summed E-state index contributed by atoms with van der Waals surface area (Å²) in [5, 5.41) is 8.74. The second-order valence-corrected chi connectivity index (χ2v) is 2.77. The number of carboxylic acid groups (broad SMARTS) is 1. The first-order valence-corrected chi connectivity index (χ1v) is 4.43. The fourth-order valence-electron chi connectivity index (χ4n) is 1.05. The molecule has 0 fully saturated rings. The zero-order valence-corrected chi connectivity index (χ0v) is 8.34. The van der Waals surface area contributed by atoms with Crippen LogP contribution in [-0.2, 0) is 0 Å². The van der Waals surface area contributed by atoms with E-state index in [0.717, 1.165) is 0 Å². The van der Waals surface area contributed by atoms with Crippen molar-refractivity contribution in [2.24, 2.45) is 0 Å². The van der Waals surface area contributed by atoms with Crippen LogP contribution >= 0.6 is 0 Å². The highest BCUT2D eigenvalue weighted by atomic mass is 16.4. The number of rotatable bonds is 4. The van der Waals surface area contributed by atoms with Crippen LogP contribution in [-0.4, -0.2) is 34.1 Å². The first kappa shape index (κ1) is 11.0. The summed E-state index contributed by atoms with van der Waals surface area (Å²) < 4.78 is 0. The Balaban J connectivity index is 2.98. The van der Waals surface area contributed by atoms with Crippen LogP contribution in [0.4, 0.5) is 5.95 Å². The molecular formula is C10H11N3O2. The summed E-state index contributed by atoms with van der Waals surface area (Å²) in [6.07, 6.45) is 6.58. The maximum Gasteiger partial charge on any atom is 0.354 e. The van der Waals surface area contributed by atoms with E-state index < -0.39 is 5.97 Å². The maximum atomic E-state index is 10.7. The van der Waals surface area contributed by atoms with Gasteiger partial charge >= 0.3 is 5.97 Å². The molecule has 0 saturated heterocycles. The van der Waals surface area contributed by atoms with Gasteiger partial charge in [-0.05, 0) is 13.0 Å². The summed E-state index contributed by atoms with van der Waals surface area (Å²) >= 11 is 0. The molecule has 15 heavy (non-hydrogen) atoms. The zero-order valence-electron chi connectivity index (χ0n) is 8.34. The van der Waals surface area contributed by atoms with Crippen molar-refractivity contribution in [1.29, 1.82) is 0 Å². The van der Waals surface area contributed by atoms with Crippen LogP contribution in [0.2, 0.25) is 0 Å². The van der Waals surface area contributed by atoms with E-state index in [-0.39, 0.29) is 5.69 Å². The van der Waals surface area contributed by atoms with E-state index in [9.17, 15) is 4.79 Å². The quantitative estimate of drug-likeness (QED) is 0.730. The maximum absolute atomic E-state index is 10.7. The largest absolute Gasteiger partial charge is 0.477 e. The average molecular weight is 205 g/mol. The number of anilines is 1. The van der Waals surface area contributed by atoms with Gasteiger partial charge in [-0.3, -0.25) is 0 Å². The molecule has 0 radical (unpaired) electrons. The van der Waals surface area contributed by atoms with Crippen LogP contribution in [0.1, 0.15) is 17.4 Å². The summed E-state index contributed by atoms with van der Waals surface area (Å²) in [5.74, 6) is 1.73. The number of hydrogen-bond acceptors (Lipinski definition) is 4. The van der Waals surface area contributed by atoms with E-state index in [1.54, 1.807) is 4.90 Å². The minimum atomic E-state index is -1.07. The second-order valence-electron chi connectivity index (χ2n) is 2.77. The van der Waals surface area contributed by atoms with Crippen molar-refractivity contribution in [2.45, 2.75) is 6.92 Å². The summed E-state index contributed by atoms with van der Waals surface area (Å²) in [6, 6.07) is 1.34. The van der Waals surface area contributed by atoms with E-state index in [4.69, 9.17) is 11.5 Å². The lowest BCUT2D eigenvalue weighted by Gasteiger charge is -2.17. The van der Waals surface area contributed by atoms with E-state index in [0.29, 0.717) is 19.0 Å². The van der Waals surface area contributed by atoms with Gasteiger partial charge in [0.15, 0.2) is 5.69 Å². The summed E-state index contributed by atoms with van der Waals surface area (Å²) in [7, 11) is 0. The summed E-state index contributed by atoms with van der Waals surface area (Å²) in [5.41, 5.74) is -0.0320. The standard InChI is InChI=1S/C10H11N3O2/c1-3-7-13(4-2)10-11-6-5-8(12-10)9(14)15/h1,5-6H,4,7H2,2H3,(H,14,15). The molecule has 0 unspecified atom stereocenters. The van der Waals surface area contributed by atoms with E-state index in [1.165, 1.54) is 12.3 Å². The van der Waals surface area contributed by atoms with Gasteiger partial charge in [0.25, 0.3) is 0 Å². The summed E-state index contributed by atoms with van der Waals surface area (Å²) in [4.78, 5) is 20.2. The Kier molecular flexibility index (Phi) is 3.63. The molecule has 1 heterocycles. The lowest BCUT2D eigenvalue weighted by Crippen LogP contribution is -2.25. The van der Waals surface area contributed by atoms with Crippen molar-refractivity contribution in [3.63, 3.8) is 0 Å². The van der Waals surface area contributed by atoms with Gasteiger partial charge in [0, 0.05) is 12.7 Å². The molecule has 1 N–H and O–H groups in total. The lowest BCUT2D eigenvalue weighted by atomic mass is 10.4. The molecule has 0 bridgehead atoms. The van der Waals surface area contributed by atoms with Crippen LogP contribution in [0.3, 0.4) is 0 Å². The molecule has 0 aliphatic rings. The number of terminal acetylenes is 1. The number of carbonyl (C=O) groups is 1. The highest BCUT2D eigenvalue weighted by molar-refractivity contribution is 5.85. The van der Waals surface area contributed by atoms with Gasteiger partial charge in [0.1, 0.15) is 0 Å². The molecule has 0 aromatic carbocycles. The molecule has 5 nitrogen and oxygen atoms in total. The fourth-order valence-corrected chi connectivity index (χ4v) is 1.05. The van der Waals surface area contributed by atoms with Crippen molar-refractivity contribution < 1.29 is 9.90 Å². The summed E-state index contributed by atoms with van der Waals surface area (Å²) in [6.45, 7) is 2.89. The Morgan fingerprint density at radius 1 is 1.73 bits per heavy atom. The molecule has 0 amide bonds. The van der Waals surface area contributed by atoms with Crippen molar-refractivity contribution >= 4 is 11.9 Å². The van der Waals surface area contributed by atoms with Crippen LogP contribution < -0.4 is 4.90 Å². The zero-order chi connectivity index (χ0) is 11.3. The monoisotopic (exact) mass is 205 g/mol. The molecule has 1 aromatic heterocycles. The molecular weight excluding hydrogens is 194 g/mol. The van der Waals surface area contributed by atoms with Gasteiger partial charge in [-0.2, -0.15) is 0 Å². The molecule has 0 spiro atoms. The average Bonchev–Trinajstić information content (AvgIpc) is 2.26. The normalized spacial score (nSPS) is 9.33. The van der Waals surface area contributed by atoms with Gasteiger partial charge in [-0.15, -0.1) is 6.42 Å². The predicted molar refractivity (Wildman–Crippen MR) is 55.7 cm³/mol. The Morgan fingerprint density at radius 3 is 3.00 bits per heavy atom. The smallest absolute Gasteiger partial charge is 0.354 e. The van der Waals surface area contributed by atoms with Crippen LogP contribution in [0.15, 0.2) is 12.3 Å². The van der Waals surface area contributed by atoms with E-state index >= 15 is 0 Å². The molecule has 0 atom stereocenters. The Morgan fingerprint density at radius 2 is 2.47 bits per heavy atom. The Bertz CT molecular complexity index is 398.